The van der Waals surface area contributed by atoms with Gasteiger partial charge in [0.05, 0.1) is 18.1 Å². The van der Waals surface area contributed by atoms with E-state index in [1.807, 2.05) is 6.07 Å². The zero-order valence-electron chi connectivity index (χ0n) is 11.4. The summed E-state index contributed by atoms with van der Waals surface area (Å²) in [5.41, 5.74) is 0.625. The summed E-state index contributed by atoms with van der Waals surface area (Å²) in [4.78, 5) is 24.1. The molecule has 6 heteroatoms. The Hall–Kier alpha value is -2.55. The first-order valence-corrected chi connectivity index (χ1v) is 6.04. The average molecular weight is 276 g/mol. The van der Waals surface area contributed by atoms with Gasteiger partial charge in [-0.15, -0.1) is 0 Å². The lowest BCUT2D eigenvalue weighted by atomic mass is 10.1. The molecule has 0 radical (unpaired) electrons. The van der Waals surface area contributed by atoms with Crippen LogP contribution in [0.1, 0.15) is 22.3 Å². The van der Waals surface area contributed by atoms with E-state index < -0.39 is 5.97 Å². The molecule has 0 fully saturated rings. The minimum Gasteiger partial charge on any atom is -0.483 e. The first kappa shape index (κ1) is 15.5. The van der Waals surface area contributed by atoms with Crippen LogP contribution >= 0.6 is 0 Å². The summed E-state index contributed by atoms with van der Waals surface area (Å²) in [6, 6.07) is 6.61. The molecule has 1 rings (SSSR count). The van der Waals surface area contributed by atoms with Crippen LogP contribution in [0.4, 0.5) is 0 Å². The van der Waals surface area contributed by atoms with E-state index in [9.17, 15) is 9.59 Å². The summed E-state index contributed by atoms with van der Waals surface area (Å²) < 4.78 is 5.35. The van der Waals surface area contributed by atoms with Crippen molar-refractivity contribution in [1.82, 2.24) is 4.90 Å². The van der Waals surface area contributed by atoms with E-state index >= 15 is 0 Å². The van der Waals surface area contributed by atoms with Crippen LogP contribution in [0.3, 0.4) is 0 Å². The number of hydrogen-bond acceptors (Lipinski definition) is 4. The second-order valence-electron chi connectivity index (χ2n) is 4.25. The van der Waals surface area contributed by atoms with Crippen LogP contribution in [-0.2, 0) is 4.79 Å². The van der Waals surface area contributed by atoms with Gasteiger partial charge in [0.15, 0.2) is 6.61 Å². The van der Waals surface area contributed by atoms with Gasteiger partial charge < -0.3 is 14.7 Å². The SMILES string of the molecule is Cc1c(OCC(=O)N(C)CCC#N)cccc1C(=O)O. The van der Waals surface area contributed by atoms with Gasteiger partial charge in [-0.05, 0) is 19.1 Å². The lowest BCUT2D eigenvalue weighted by Gasteiger charge is -2.16. The van der Waals surface area contributed by atoms with E-state index in [0.29, 0.717) is 17.9 Å². The van der Waals surface area contributed by atoms with E-state index in [-0.39, 0.29) is 24.5 Å². The Morgan fingerprint density at radius 3 is 2.75 bits per heavy atom. The van der Waals surface area contributed by atoms with E-state index in [0.717, 1.165) is 0 Å². The molecule has 0 spiro atoms. The van der Waals surface area contributed by atoms with Crippen LogP contribution in [-0.4, -0.2) is 42.1 Å². The van der Waals surface area contributed by atoms with Crippen LogP contribution < -0.4 is 4.74 Å². The van der Waals surface area contributed by atoms with Gasteiger partial charge >= 0.3 is 5.97 Å². The second kappa shape index (κ2) is 7.14. The van der Waals surface area contributed by atoms with Crippen molar-refractivity contribution in [2.75, 3.05) is 20.2 Å². The standard InChI is InChI=1S/C14H16N2O4/c1-10-11(14(18)19)5-3-6-12(10)20-9-13(17)16(2)8-4-7-15/h3,5-6H,4,8-9H2,1-2H3,(H,18,19). The molecule has 1 N–H and O–H groups in total. The van der Waals surface area contributed by atoms with Crippen LogP contribution in [0.25, 0.3) is 0 Å². The van der Waals surface area contributed by atoms with Crippen LogP contribution in [0.5, 0.6) is 5.75 Å². The molecule has 20 heavy (non-hydrogen) atoms. The number of nitrogens with zero attached hydrogens (tertiary/aromatic N) is 2. The number of carbonyl (C=O) groups excluding carboxylic acids is 1. The van der Waals surface area contributed by atoms with Gasteiger partial charge in [-0.25, -0.2) is 4.79 Å². The zero-order valence-corrected chi connectivity index (χ0v) is 11.4. The summed E-state index contributed by atoms with van der Waals surface area (Å²) in [6.45, 7) is 1.78. The molecule has 6 nitrogen and oxygen atoms in total. The van der Waals surface area contributed by atoms with E-state index in [2.05, 4.69) is 0 Å². The molecule has 0 atom stereocenters. The Morgan fingerprint density at radius 1 is 1.45 bits per heavy atom. The minimum atomic E-state index is -1.04. The van der Waals surface area contributed by atoms with E-state index in [1.165, 1.54) is 11.0 Å². The molecule has 0 aliphatic carbocycles. The zero-order chi connectivity index (χ0) is 15.1. The molecule has 0 saturated carbocycles. The maximum Gasteiger partial charge on any atom is 0.336 e. The molecule has 0 unspecified atom stereocenters. The highest BCUT2D eigenvalue weighted by Gasteiger charge is 2.13. The number of carbonyl (C=O) groups is 2. The van der Waals surface area contributed by atoms with Crippen molar-refractivity contribution in [2.45, 2.75) is 13.3 Å². The lowest BCUT2D eigenvalue weighted by Crippen LogP contribution is -2.32. The third-order valence-electron chi connectivity index (χ3n) is 2.85. The first-order chi connectivity index (χ1) is 9.47. The van der Waals surface area contributed by atoms with E-state index in [4.69, 9.17) is 15.1 Å². The molecule has 0 heterocycles. The maximum atomic E-state index is 11.7. The molecule has 1 aromatic carbocycles. The Kier molecular flexibility index (Phi) is 5.54. The number of likely N-dealkylation sites (N-methyl/N-ethyl adjacent to an activating group) is 1. The van der Waals surface area contributed by atoms with Crippen molar-refractivity contribution in [3.8, 4) is 11.8 Å². The highest BCUT2D eigenvalue weighted by atomic mass is 16.5. The average Bonchev–Trinajstić information content (AvgIpc) is 2.42. The fraction of sp³-hybridized carbons (Fsp3) is 0.357. The number of benzene rings is 1. The predicted octanol–water partition coefficient (Wildman–Crippen LogP) is 1.44. The van der Waals surface area contributed by atoms with Gasteiger partial charge in [0.1, 0.15) is 5.75 Å². The molecule has 0 aliphatic heterocycles. The molecular formula is C14H16N2O4. The predicted molar refractivity (Wildman–Crippen MR) is 71.5 cm³/mol. The van der Waals surface area contributed by atoms with Gasteiger partial charge in [0, 0.05) is 19.2 Å². The number of ether oxygens (including phenoxy) is 1. The van der Waals surface area contributed by atoms with Crippen LogP contribution in [0.15, 0.2) is 18.2 Å². The number of hydrogen-bond donors (Lipinski definition) is 1. The van der Waals surface area contributed by atoms with Gasteiger partial charge in [-0.3, -0.25) is 4.79 Å². The summed E-state index contributed by atoms with van der Waals surface area (Å²) in [6.07, 6.45) is 0.260. The Morgan fingerprint density at radius 2 is 2.15 bits per heavy atom. The number of aromatic carboxylic acids is 1. The summed E-state index contributed by atoms with van der Waals surface area (Å²) >= 11 is 0. The Labute approximate surface area is 117 Å². The number of amides is 1. The lowest BCUT2D eigenvalue weighted by molar-refractivity contribution is -0.131. The quantitative estimate of drug-likeness (QED) is 0.849. The molecule has 0 bridgehead atoms. The topological polar surface area (TPSA) is 90.6 Å². The maximum absolute atomic E-state index is 11.7. The van der Waals surface area contributed by atoms with Crippen LogP contribution in [0.2, 0.25) is 0 Å². The normalized spacial score (nSPS) is 9.65. The highest BCUT2D eigenvalue weighted by Crippen LogP contribution is 2.21. The molecule has 1 aromatic rings. The molecule has 0 aromatic heterocycles. The van der Waals surface area contributed by atoms with Gasteiger partial charge in [0.25, 0.3) is 5.91 Å². The Balaban J connectivity index is 2.67. The third kappa shape index (κ3) is 3.99. The number of nitriles is 1. The van der Waals surface area contributed by atoms with Crippen molar-refractivity contribution in [3.05, 3.63) is 29.3 Å². The molecule has 0 saturated heterocycles. The molecule has 106 valence electrons. The second-order valence-corrected chi connectivity index (χ2v) is 4.25. The van der Waals surface area contributed by atoms with Crippen molar-refractivity contribution in [1.29, 1.82) is 5.26 Å². The first-order valence-electron chi connectivity index (χ1n) is 6.04. The fourth-order valence-corrected chi connectivity index (χ4v) is 1.59. The number of carboxylic acids is 1. The van der Waals surface area contributed by atoms with Crippen molar-refractivity contribution < 1.29 is 19.4 Å². The number of rotatable bonds is 6. The monoisotopic (exact) mass is 276 g/mol. The smallest absolute Gasteiger partial charge is 0.336 e. The van der Waals surface area contributed by atoms with Crippen molar-refractivity contribution in [2.24, 2.45) is 0 Å². The van der Waals surface area contributed by atoms with Gasteiger partial charge in [0.2, 0.25) is 0 Å². The summed E-state index contributed by atoms with van der Waals surface area (Å²) in [5, 5.41) is 17.4. The molecular weight excluding hydrogens is 260 g/mol. The Bertz CT molecular complexity index is 549. The third-order valence-corrected chi connectivity index (χ3v) is 2.85. The van der Waals surface area contributed by atoms with Crippen molar-refractivity contribution in [3.63, 3.8) is 0 Å². The van der Waals surface area contributed by atoms with Crippen molar-refractivity contribution >= 4 is 11.9 Å². The molecule has 0 aliphatic rings. The van der Waals surface area contributed by atoms with E-state index in [1.54, 1.807) is 26.1 Å². The van der Waals surface area contributed by atoms with Gasteiger partial charge in [-0.1, -0.05) is 6.07 Å². The van der Waals surface area contributed by atoms with Gasteiger partial charge in [-0.2, -0.15) is 5.26 Å². The number of carboxylic acid groups (broad SMARTS) is 1. The minimum absolute atomic E-state index is 0.146. The molecule has 1 amide bonds. The summed E-state index contributed by atoms with van der Waals surface area (Å²) in [5.74, 6) is -0.933. The summed E-state index contributed by atoms with van der Waals surface area (Å²) in [7, 11) is 1.59. The fourth-order valence-electron chi connectivity index (χ4n) is 1.59. The largest absolute Gasteiger partial charge is 0.483 e. The highest BCUT2D eigenvalue weighted by molar-refractivity contribution is 5.90. The van der Waals surface area contributed by atoms with Crippen LogP contribution in [0, 0.1) is 18.3 Å².